The fourth-order valence-electron chi connectivity index (χ4n) is 1.93. The molecule has 0 aliphatic heterocycles. The molecule has 5 nitrogen and oxygen atoms in total. The van der Waals surface area contributed by atoms with Gasteiger partial charge in [-0.2, -0.15) is 5.10 Å². The number of nitrogens with two attached hydrogens (primary N) is 1. The number of aromatic nitrogens is 4. The number of rotatable bonds is 2. The van der Waals surface area contributed by atoms with Crippen molar-refractivity contribution in [1.82, 2.24) is 20.2 Å². The Kier molecular flexibility index (Phi) is 2.89. The van der Waals surface area contributed by atoms with Crippen molar-refractivity contribution in [1.29, 1.82) is 0 Å². The maximum absolute atomic E-state index is 6.22. The Labute approximate surface area is 114 Å². The maximum Gasteiger partial charge on any atom is 0.153 e. The first kappa shape index (κ1) is 11.7. The van der Waals surface area contributed by atoms with E-state index in [0.717, 1.165) is 22.4 Å². The SMILES string of the molecule is Nc1n[nH]c(-c2cncnc2)c1-c1ccccc1Cl. The zero-order valence-corrected chi connectivity index (χ0v) is 10.6. The summed E-state index contributed by atoms with van der Waals surface area (Å²) in [5.74, 6) is 0.395. The van der Waals surface area contributed by atoms with Crippen molar-refractivity contribution in [3.8, 4) is 22.4 Å². The maximum atomic E-state index is 6.22. The summed E-state index contributed by atoms with van der Waals surface area (Å²) in [6, 6.07) is 7.48. The van der Waals surface area contributed by atoms with E-state index in [-0.39, 0.29) is 0 Å². The Hall–Kier alpha value is -2.40. The van der Waals surface area contributed by atoms with E-state index in [4.69, 9.17) is 17.3 Å². The molecule has 3 rings (SSSR count). The van der Waals surface area contributed by atoms with Crippen LogP contribution in [0, 0.1) is 0 Å². The Morgan fingerprint density at radius 2 is 1.84 bits per heavy atom. The summed E-state index contributed by atoms with van der Waals surface area (Å²) in [7, 11) is 0. The summed E-state index contributed by atoms with van der Waals surface area (Å²) < 4.78 is 0. The predicted molar refractivity (Wildman–Crippen MR) is 74.5 cm³/mol. The highest BCUT2D eigenvalue weighted by atomic mass is 35.5. The van der Waals surface area contributed by atoms with Crippen LogP contribution < -0.4 is 5.73 Å². The van der Waals surface area contributed by atoms with Gasteiger partial charge in [0.1, 0.15) is 6.33 Å². The first-order valence-corrected chi connectivity index (χ1v) is 5.99. The van der Waals surface area contributed by atoms with Crippen LogP contribution in [0.5, 0.6) is 0 Å². The van der Waals surface area contributed by atoms with Crippen molar-refractivity contribution < 1.29 is 0 Å². The molecule has 0 amide bonds. The van der Waals surface area contributed by atoms with Gasteiger partial charge in [0.15, 0.2) is 5.82 Å². The fraction of sp³-hybridized carbons (Fsp3) is 0. The summed E-state index contributed by atoms with van der Waals surface area (Å²) >= 11 is 6.22. The second-order valence-electron chi connectivity index (χ2n) is 3.97. The molecule has 0 aliphatic carbocycles. The smallest absolute Gasteiger partial charge is 0.153 e. The normalized spacial score (nSPS) is 10.6. The average Bonchev–Trinajstić information content (AvgIpc) is 2.82. The number of halogens is 1. The number of nitrogens with zero attached hydrogens (tertiary/aromatic N) is 3. The summed E-state index contributed by atoms with van der Waals surface area (Å²) in [6.45, 7) is 0. The van der Waals surface area contributed by atoms with Gasteiger partial charge in [-0.25, -0.2) is 9.97 Å². The zero-order chi connectivity index (χ0) is 13.2. The van der Waals surface area contributed by atoms with Crippen molar-refractivity contribution in [3.05, 3.63) is 48.0 Å². The van der Waals surface area contributed by atoms with Crippen LogP contribution in [0.2, 0.25) is 5.02 Å². The van der Waals surface area contributed by atoms with E-state index in [1.165, 1.54) is 6.33 Å². The van der Waals surface area contributed by atoms with Crippen LogP contribution in [0.25, 0.3) is 22.4 Å². The lowest BCUT2D eigenvalue weighted by atomic mass is 10.0. The summed E-state index contributed by atoms with van der Waals surface area (Å²) in [5, 5.41) is 7.57. The van der Waals surface area contributed by atoms with E-state index in [0.29, 0.717) is 10.8 Å². The van der Waals surface area contributed by atoms with Crippen molar-refractivity contribution in [3.63, 3.8) is 0 Å². The minimum Gasteiger partial charge on any atom is -0.382 e. The minimum absolute atomic E-state index is 0.395. The van der Waals surface area contributed by atoms with Crippen LogP contribution in [0.3, 0.4) is 0 Å². The minimum atomic E-state index is 0.395. The highest BCUT2D eigenvalue weighted by Gasteiger charge is 2.16. The van der Waals surface area contributed by atoms with Gasteiger partial charge >= 0.3 is 0 Å². The third-order valence-electron chi connectivity index (χ3n) is 2.79. The van der Waals surface area contributed by atoms with E-state index in [1.54, 1.807) is 12.4 Å². The number of hydrogen-bond acceptors (Lipinski definition) is 4. The van der Waals surface area contributed by atoms with Crippen LogP contribution >= 0.6 is 11.6 Å². The molecule has 3 aromatic rings. The zero-order valence-electron chi connectivity index (χ0n) is 9.84. The molecule has 0 aliphatic rings. The lowest BCUT2D eigenvalue weighted by Gasteiger charge is -2.06. The van der Waals surface area contributed by atoms with Crippen LogP contribution in [0.15, 0.2) is 43.0 Å². The van der Waals surface area contributed by atoms with Gasteiger partial charge in [-0.1, -0.05) is 29.8 Å². The number of hydrogen-bond donors (Lipinski definition) is 2. The van der Waals surface area contributed by atoms with Gasteiger partial charge in [0.2, 0.25) is 0 Å². The van der Waals surface area contributed by atoms with Gasteiger partial charge in [0, 0.05) is 28.5 Å². The quantitative estimate of drug-likeness (QED) is 0.751. The van der Waals surface area contributed by atoms with E-state index < -0.39 is 0 Å². The molecule has 0 bridgehead atoms. The molecule has 2 aromatic heterocycles. The topological polar surface area (TPSA) is 80.5 Å². The molecule has 19 heavy (non-hydrogen) atoms. The number of H-pyrrole nitrogens is 1. The number of benzene rings is 1. The van der Waals surface area contributed by atoms with E-state index in [2.05, 4.69) is 20.2 Å². The molecular formula is C13H10ClN5. The Bertz CT molecular complexity index is 708. The van der Waals surface area contributed by atoms with Gasteiger partial charge in [-0.15, -0.1) is 0 Å². The first-order valence-electron chi connectivity index (χ1n) is 5.61. The van der Waals surface area contributed by atoms with Gasteiger partial charge in [-0.3, -0.25) is 5.10 Å². The lowest BCUT2D eigenvalue weighted by molar-refractivity contribution is 1.09. The Morgan fingerprint density at radius 1 is 1.11 bits per heavy atom. The third-order valence-corrected chi connectivity index (χ3v) is 3.12. The number of nitrogen functional groups attached to an aromatic ring is 1. The number of nitrogens with one attached hydrogen (secondary N) is 1. The van der Waals surface area contributed by atoms with Crippen LogP contribution in [0.4, 0.5) is 5.82 Å². The summed E-state index contributed by atoms with van der Waals surface area (Å²) in [5.41, 5.74) is 9.09. The van der Waals surface area contributed by atoms with Crippen molar-refractivity contribution in [2.24, 2.45) is 0 Å². The predicted octanol–water partition coefficient (Wildman–Crippen LogP) is 2.77. The molecule has 0 saturated carbocycles. The van der Waals surface area contributed by atoms with Crippen LogP contribution in [-0.2, 0) is 0 Å². The standard InChI is InChI=1S/C13H10ClN5/c14-10-4-2-1-3-9(10)11-12(18-19-13(11)15)8-5-16-7-17-6-8/h1-7H,(H3,15,18,19). The molecule has 2 heterocycles. The molecule has 0 spiro atoms. The summed E-state index contributed by atoms with van der Waals surface area (Å²) in [4.78, 5) is 7.99. The van der Waals surface area contributed by atoms with Crippen molar-refractivity contribution >= 4 is 17.4 Å². The molecule has 94 valence electrons. The largest absolute Gasteiger partial charge is 0.382 e. The molecule has 3 N–H and O–H groups in total. The van der Waals surface area contributed by atoms with Crippen molar-refractivity contribution in [2.45, 2.75) is 0 Å². The molecule has 0 atom stereocenters. The number of anilines is 1. The van der Waals surface area contributed by atoms with Gasteiger partial charge in [0.25, 0.3) is 0 Å². The van der Waals surface area contributed by atoms with E-state index in [9.17, 15) is 0 Å². The van der Waals surface area contributed by atoms with Crippen LogP contribution in [-0.4, -0.2) is 20.2 Å². The molecule has 0 radical (unpaired) electrons. The second-order valence-corrected chi connectivity index (χ2v) is 4.37. The molecule has 0 fully saturated rings. The molecule has 0 saturated heterocycles. The lowest BCUT2D eigenvalue weighted by Crippen LogP contribution is -1.90. The van der Waals surface area contributed by atoms with Crippen molar-refractivity contribution in [2.75, 3.05) is 5.73 Å². The molecule has 0 unspecified atom stereocenters. The first-order chi connectivity index (χ1) is 9.27. The van der Waals surface area contributed by atoms with E-state index in [1.807, 2.05) is 24.3 Å². The van der Waals surface area contributed by atoms with Gasteiger partial charge in [0.05, 0.1) is 11.3 Å². The highest BCUT2D eigenvalue weighted by Crippen LogP contribution is 2.37. The monoisotopic (exact) mass is 271 g/mol. The average molecular weight is 272 g/mol. The molecule has 1 aromatic carbocycles. The molecular weight excluding hydrogens is 262 g/mol. The third kappa shape index (κ3) is 2.04. The van der Waals surface area contributed by atoms with Gasteiger partial charge in [-0.05, 0) is 6.07 Å². The second kappa shape index (κ2) is 4.70. The van der Waals surface area contributed by atoms with E-state index >= 15 is 0 Å². The van der Waals surface area contributed by atoms with Gasteiger partial charge < -0.3 is 5.73 Å². The summed E-state index contributed by atoms with van der Waals surface area (Å²) in [6.07, 6.45) is 4.86. The fourth-order valence-corrected chi connectivity index (χ4v) is 2.16. The Morgan fingerprint density at radius 3 is 2.58 bits per heavy atom. The van der Waals surface area contributed by atoms with Crippen LogP contribution in [0.1, 0.15) is 0 Å². The highest BCUT2D eigenvalue weighted by molar-refractivity contribution is 6.33. The Balaban J connectivity index is 2.23. The number of aromatic amines is 1. The molecule has 6 heteroatoms.